The molecule has 0 bridgehead atoms. The van der Waals surface area contributed by atoms with Gasteiger partial charge in [-0.05, 0) is 13.8 Å². The molecule has 0 unspecified atom stereocenters. The lowest BCUT2D eigenvalue weighted by molar-refractivity contribution is 0.760. The van der Waals surface area contributed by atoms with E-state index in [0.29, 0.717) is 11.7 Å². The van der Waals surface area contributed by atoms with E-state index in [0.717, 1.165) is 15.4 Å². The summed E-state index contributed by atoms with van der Waals surface area (Å²) in [5.41, 5.74) is 3.51. The predicted octanol–water partition coefficient (Wildman–Crippen LogP) is 1.32. The number of nitrogens with zero attached hydrogens (tertiary/aromatic N) is 2. The van der Waals surface area contributed by atoms with Gasteiger partial charge in [0.2, 0.25) is 0 Å². The van der Waals surface area contributed by atoms with Crippen LogP contribution in [0.2, 0.25) is 0 Å². The van der Waals surface area contributed by atoms with E-state index in [2.05, 4.69) is 10.4 Å². The number of hydrogen-bond acceptors (Lipinski definition) is 6. The standard InChI is InChI=1S/C9H12N4OS2/c1-5-6(2)15-9(14)13(5)4-7-3-11-8(12-10)16-7/h3H,4,10H2,1-2H3,(H,11,12). The number of anilines is 1. The fourth-order valence-electron chi connectivity index (χ4n) is 1.37. The second kappa shape index (κ2) is 4.36. The first kappa shape index (κ1) is 11.3. The van der Waals surface area contributed by atoms with Gasteiger partial charge in [-0.25, -0.2) is 10.8 Å². The van der Waals surface area contributed by atoms with E-state index in [1.807, 2.05) is 13.8 Å². The number of thiazole rings is 2. The number of nitrogens with two attached hydrogens (primary N) is 1. The summed E-state index contributed by atoms with van der Waals surface area (Å²) in [6, 6.07) is 0. The molecule has 0 aromatic carbocycles. The van der Waals surface area contributed by atoms with Crippen molar-refractivity contribution in [2.45, 2.75) is 20.4 Å². The number of hydrazine groups is 1. The van der Waals surface area contributed by atoms with Gasteiger partial charge in [0.25, 0.3) is 0 Å². The number of nitrogens with one attached hydrogen (secondary N) is 1. The van der Waals surface area contributed by atoms with Gasteiger partial charge in [0.05, 0.1) is 6.54 Å². The molecule has 0 aliphatic carbocycles. The molecule has 5 nitrogen and oxygen atoms in total. The molecule has 16 heavy (non-hydrogen) atoms. The van der Waals surface area contributed by atoms with Crippen LogP contribution in [-0.2, 0) is 6.54 Å². The molecule has 2 aromatic rings. The van der Waals surface area contributed by atoms with Gasteiger partial charge in [0.1, 0.15) is 0 Å². The molecule has 0 saturated heterocycles. The minimum absolute atomic E-state index is 0.0747. The second-order valence-electron chi connectivity index (χ2n) is 3.37. The highest BCUT2D eigenvalue weighted by atomic mass is 32.1. The highest BCUT2D eigenvalue weighted by molar-refractivity contribution is 7.15. The summed E-state index contributed by atoms with van der Waals surface area (Å²) in [6.07, 6.45) is 1.73. The van der Waals surface area contributed by atoms with Crippen LogP contribution in [0, 0.1) is 13.8 Å². The average molecular weight is 256 g/mol. The van der Waals surface area contributed by atoms with Gasteiger partial charge in [0.15, 0.2) is 5.13 Å². The first-order valence-corrected chi connectivity index (χ1v) is 6.33. The van der Waals surface area contributed by atoms with Crippen LogP contribution in [0.15, 0.2) is 11.0 Å². The summed E-state index contributed by atoms with van der Waals surface area (Å²) in [7, 11) is 0. The molecule has 0 amide bonds. The molecule has 0 radical (unpaired) electrons. The third-order valence-corrected chi connectivity index (χ3v) is 4.28. The zero-order chi connectivity index (χ0) is 11.7. The Balaban J connectivity index is 2.30. The molecule has 2 heterocycles. The molecule has 0 atom stereocenters. The molecule has 0 spiro atoms. The maximum atomic E-state index is 11.7. The van der Waals surface area contributed by atoms with Gasteiger partial charge in [-0.15, -0.1) is 0 Å². The van der Waals surface area contributed by atoms with Crippen LogP contribution in [0.5, 0.6) is 0 Å². The van der Waals surface area contributed by atoms with Crippen molar-refractivity contribution in [2.75, 3.05) is 5.43 Å². The van der Waals surface area contributed by atoms with E-state index in [1.54, 1.807) is 10.8 Å². The van der Waals surface area contributed by atoms with Crippen molar-refractivity contribution in [3.63, 3.8) is 0 Å². The van der Waals surface area contributed by atoms with E-state index in [4.69, 9.17) is 5.84 Å². The number of nitrogen functional groups attached to an aromatic ring is 1. The maximum absolute atomic E-state index is 11.7. The molecule has 86 valence electrons. The second-order valence-corrected chi connectivity index (χ2v) is 5.65. The Labute approximate surface area is 101 Å². The molecular weight excluding hydrogens is 244 g/mol. The van der Waals surface area contributed by atoms with Crippen LogP contribution in [0.1, 0.15) is 15.4 Å². The lowest BCUT2D eigenvalue weighted by Gasteiger charge is -2.01. The molecule has 2 rings (SSSR count). The van der Waals surface area contributed by atoms with Crippen LogP contribution in [0.3, 0.4) is 0 Å². The molecule has 0 aliphatic rings. The average Bonchev–Trinajstić information content (AvgIpc) is 2.80. The van der Waals surface area contributed by atoms with Gasteiger partial charge >= 0.3 is 4.87 Å². The SMILES string of the molecule is Cc1sc(=O)n(Cc2cnc(NN)s2)c1C. The molecule has 3 N–H and O–H groups in total. The summed E-state index contributed by atoms with van der Waals surface area (Å²) in [5.74, 6) is 5.25. The van der Waals surface area contributed by atoms with Gasteiger partial charge in [-0.1, -0.05) is 22.7 Å². The first-order chi connectivity index (χ1) is 7.61. The van der Waals surface area contributed by atoms with E-state index >= 15 is 0 Å². The van der Waals surface area contributed by atoms with Gasteiger partial charge in [-0.3, -0.25) is 14.8 Å². The van der Waals surface area contributed by atoms with Crippen molar-refractivity contribution >= 4 is 27.8 Å². The summed E-state index contributed by atoms with van der Waals surface area (Å²) >= 11 is 2.73. The van der Waals surface area contributed by atoms with E-state index in [-0.39, 0.29) is 4.87 Å². The zero-order valence-corrected chi connectivity index (χ0v) is 10.6. The maximum Gasteiger partial charge on any atom is 0.307 e. The largest absolute Gasteiger partial charge is 0.307 e. The number of aromatic nitrogens is 2. The Morgan fingerprint density at radius 2 is 2.25 bits per heavy atom. The minimum atomic E-state index is 0.0747. The van der Waals surface area contributed by atoms with Gasteiger partial charge in [0, 0.05) is 21.6 Å². The van der Waals surface area contributed by atoms with Crippen LogP contribution in [0.25, 0.3) is 0 Å². The van der Waals surface area contributed by atoms with Crippen molar-refractivity contribution in [1.82, 2.24) is 9.55 Å². The fourth-order valence-corrected chi connectivity index (χ4v) is 2.92. The molecule has 0 saturated carbocycles. The summed E-state index contributed by atoms with van der Waals surface area (Å²) in [5, 5.41) is 0.660. The Morgan fingerprint density at radius 1 is 1.50 bits per heavy atom. The topological polar surface area (TPSA) is 72.9 Å². The number of hydrogen-bond donors (Lipinski definition) is 2. The van der Waals surface area contributed by atoms with Gasteiger partial charge < -0.3 is 0 Å². The van der Waals surface area contributed by atoms with Crippen molar-refractivity contribution in [2.24, 2.45) is 5.84 Å². The smallest absolute Gasteiger partial charge is 0.300 e. The number of rotatable bonds is 3. The first-order valence-electron chi connectivity index (χ1n) is 4.70. The van der Waals surface area contributed by atoms with Crippen LogP contribution in [-0.4, -0.2) is 9.55 Å². The highest BCUT2D eigenvalue weighted by Gasteiger charge is 2.09. The Hall–Kier alpha value is -1.18. The Kier molecular flexibility index (Phi) is 3.08. The van der Waals surface area contributed by atoms with Crippen molar-refractivity contribution in [1.29, 1.82) is 0 Å². The van der Waals surface area contributed by atoms with E-state index in [9.17, 15) is 4.79 Å². The molecule has 2 aromatic heterocycles. The van der Waals surface area contributed by atoms with Crippen LogP contribution < -0.4 is 16.1 Å². The number of aryl methyl sites for hydroxylation is 1. The van der Waals surface area contributed by atoms with E-state index < -0.39 is 0 Å². The molecular formula is C9H12N4OS2. The van der Waals surface area contributed by atoms with Gasteiger partial charge in [-0.2, -0.15) is 0 Å². The highest BCUT2D eigenvalue weighted by Crippen LogP contribution is 2.19. The lowest BCUT2D eigenvalue weighted by atomic mass is 10.4. The normalized spacial score (nSPS) is 10.7. The predicted molar refractivity (Wildman–Crippen MR) is 67.1 cm³/mol. The summed E-state index contributed by atoms with van der Waals surface area (Å²) < 4.78 is 1.76. The van der Waals surface area contributed by atoms with Crippen molar-refractivity contribution in [3.05, 3.63) is 31.3 Å². The molecule has 0 aliphatic heterocycles. The molecule has 7 heteroatoms. The molecule has 0 fully saturated rings. The quantitative estimate of drug-likeness (QED) is 0.641. The summed E-state index contributed by atoms with van der Waals surface area (Å²) in [6.45, 7) is 4.47. The third kappa shape index (κ3) is 2.01. The third-order valence-electron chi connectivity index (χ3n) is 2.37. The zero-order valence-electron chi connectivity index (χ0n) is 8.98. The fraction of sp³-hybridized carbons (Fsp3) is 0.333. The Morgan fingerprint density at radius 3 is 2.75 bits per heavy atom. The monoisotopic (exact) mass is 256 g/mol. The lowest BCUT2D eigenvalue weighted by Crippen LogP contribution is -2.14. The van der Waals surface area contributed by atoms with Crippen molar-refractivity contribution in [3.8, 4) is 0 Å². The van der Waals surface area contributed by atoms with Crippen LogP contribution >= 0.6 is 22.7 Å². The van der Waals surface area contributed by atoms with E-state index in [1.165, 1.54) is 22.7 Å². The summed E-state index contributed by atoms with van der Waals surface area (Å²) in [4.78, 5) is 17.9. The minimum Gasteiger partial charge on any atom is -0.300 e. The van der Waals surface area contributed by atoms with Crippen molar-refractivity contribution < 1.29 is 0 Å². The Bertz CT molecular complexity index is 554. The van der Waals surface area contributed by atoms with Crippen LogP contribution in [0.4, 0.5) is 5.13 Å².